The Hall–Kier alpha value is -2.47. The van der Waals surface area contributed by atoms with Gasteiger partial charge in [-0.1, -0.05) is 6.07 Å². The third-order valence-corrected chi connectivity index (χ3v) is 4.86. The molecule has 3 heterocycles. The monoisotopic (exact) mass is 339 g/mol. The zero-order valence-corrected chi connectivity index (χ0v) is 14.2. The lowest BCUT2D eigenvalue weighted by Crippen LogP contribution is -2.54. The summed E-state index contributed by atoms with van der Waals surface area (Å²) in [7, 11) is 0. The van der Waals surface area contributed by atoms with Crippen molar-refractivity contribution in [2.24, 2.45) is 0 Å². The summed E-state index contributed by atoms with van der Waals surface area (Å²) >= 11 is 0. The van der Waals surface area contributed by atoms with Crippen LogP contribution in [0.15, 0.2) is 42.7 Å². The van der Waals surface area contributed by atoms with Crippen LogP contribution in [0.2, 0.25) is 0 Å². The topological polar surface area (TPSA) is 64.6 Å². The minimum Gasteiger partial charge on any atom is -0.471 e. The molecule has 4 rings (SSSR count). The number of carbonyl (C=O) groups is 1. The molecule has 0 aromatic carbocycles. The van der Waals surface area contributed by atoms with Gasteiger partial charge in [0.05, 0.1) is 18.2 Å². The van der Waals surface area contributed by atoms with Crippen LogP contribution in [0.3, 0.4) is 0 Å². The maximum absolute atomic E-state index is 12.9. The molecule has 0 radical (unpaired) electrons. The Labute approximate surface area is 146 Å². The lowest BCUT2D eigenvalue weighted by Gasteiger charge is -2.38. The van der Waals surface area contributed by atoms with Gasteiger partial charge in [0.1, 0.15) is 12.2 Å². The van der Waals surface area contributed by atoms with E-state index in [9.17, 15) is 4.79 Å². The molecule has 2 fully saturated rings. The van der Waals surface area contributed by atoms with Gasteiger partial charge in [0.2, 0.25) is 5.88 Å². The van der Waals surface area contributed by atoms with Gasteiger partial charge in [-0.15, -0.1) is 0 Å². The van der Waals surface area contributed by atoms with E-state index in [2.05, 4.69) is 9.97 Å². The molecule has 6 heteroatoms. The standard InChI is InChI=1S/C19H21N3O3/c1-13-5-6-14(12-21-13)19(23)22-10-11-24-18-15(22)7-8-16(18)25-17-4-2-3-9-20-17/h2-6,9,12,15-16,18H,7-8,10-11H2,1H3/t15-,16+,18+/m0/s1. The first-order valence-electron chi connectivity index (χ1n) is 8.65. The van der Waals surface area contributed by atoms with Crippen molar-refractivity contribution in [1.29, 1.82) is 0 Å². The number of hydrogen-bond donors (Lipinski definition) is 0. The molecular weight excluding hydrogens is 318 g/mol. The van der Waals surface area contributed by atoms with Crippen LogP contribution < -0.4 is 4.74 Å². The number of fused-ring (bicyclic) bond motifs is 1. The number of carbonyl (C=O) groups excluding carboxylic acids is 1. The molecule has 0 spiro atoms. The predicted molar refractivity (Wildman–Crippen MR) is 91.4 cm³/mol. The van der Waals surface area contributed by atoms with E-state index in [1.54, 1.807) is 12.4 Å². The fourth-order valence-electron chi connectivity index (χ4n) is 3.63. The normalized spacial score (nSPS) is 25.5. The number of morpholine rings is 1. The van der Waals surface area contributed by atoms with E-state index in [0.29, 0.717) is 24.6 Å². The molecular formula is C19H21N3O3. The number of hydrogen-bond acceptors (Lipinski definition) is 5. The van der Waals surface area contributed by atoms with Crippen LogP contribution >= 0.6 is 0 Å². The van der Waals surface area contributed by atoms with Gasteiger partial charge >= 0.3 is 0 Å². The molecule has 1 aliphatic heterocycles. The highest BCUT2D eigenvalue weighted by atomic mass is 16.5. The molecule has 1 saturated heterocycles. The Morgan fingerprint density at radius 3 is 2.92 bits per heavy atom. The summed E-state index contributed by atoms with van der Waals surface area (Å²) in [6, 6.07) is 9.35. The minimum atomic E-state index is -0.113. The van der Waals surface area contributed by atoms with Crippen LogP contribution in [-0.4, -0.2) is 52.2 Å². The number of nitrogens with zero attached hydrogens (tertiary/aromatic N) is 3. The van der Waals surface area contributed by atoms with Crippen molar-refractivity contribution < 1.29 is 14.3 Å². The third kappa shape index (κ3) is 3.22. The van der Waals surface area contributed by atoms with Gasteiger partial charge < -0.3 is 14.4 Å². The maximum atomic E-state index is 12.9. The van der Waals surface area contributed by atoms with Crippen LogP contribution in [-0.2, 0) is 4.74 Å². The second-order valence-corrected chi connectivity index (χ2v) is 6.49. The van der Waals surface area contributed by atoms with Crippen molar-refractivity contribution in [3.05, 3.63) is 54.0 Å². The first-order valence-corrected chi connectivity index (χ1v) is 8.65. The molecule has 1 saturated carbocycles. The van der Waals surface area contributed by atoms with Crippen LogP contribution in [0, 0.1) is 6.92 Å². The van der Waals surface area contributed by atoms with E-state index in [1.807, 2.05) is 42.2 Å². The Morgan fingerprint density at radius 1 is 1.24 bits per heavy atom. The van der Waals surface area contributed by atoms with Gasteiger partial charge in [0.15, 0.2) is 0 Å². The van der Waals surface area contributed by atoms with E-state index in [0.717, 1.165) is 18.5 Å². The number of rotatable bonds is 3. The molecule has 0 bridgehead atoms. The summed E-state index contributed by atoms with van der Waals surface area (Å²) in [5.41, 5.74) is 1.53. The predicted octanol–water partition coefficient (Wildman–Crippen LogP) is 2.24. The third-order valence-electron chi connectivity index (χ3n) is 4.86. The molecule has 1 aliphatic carbocycles. The van der Waals surface area contributed by atoms with Gasteiger partial charge in [-0.2, -0.15) is 0 Å². The van der Waals surface area contributed by atoms with Gasteiger partial charge in [-0.3, -0.25) is 9.78 Å². The zero-order chi connectivity index (χ0) is 17.2. The van der Waals surface area contributed by atoms with Crippen LogP contribution in [0.1, 0.15) is 28.9 Å². The molecule has 2 aromatic heterocycles. The van der Waals surface area contributed by atoms with E-state index in [-0.39, 0.29) is 24.2 Å². The van der Waals surface area contributed by atoms with Gasteiger partial charge in [0.25, 0.3) is 5.91 Å². The Bertz CT molecular complexity index is 735. The number of pyridine rings is 2. The molecule has 3 atom stereocenters. The van der Waals surface area contributed by atoms with Gasteiger partial charge in [-0.25, -0.2) is 4.98 Å². The molecule has 6 nitrogen and oxygen atoms in total. The highest BCUT2D eigenvalue weighted by Crippen LogP contribution is 2.33. The summed E-state index contributed by atoms with van der Waals surface area (Å²) < 4.78 is 12.0. The number of aromatic nitrogens is 2. The quantitative estimate of drug-likeness (QED) is 0.858. The molecule has 25 heavy (non-hydrogen) atoms. The van der Waals surface area contributed by atoms with E-state index in [4.69, 9.17) is 9.47 Å². The average Bonchev–Trinajstić information content (AvgIpc) is 3.06. The fraction of sp³-hybridized carbons (Fsp3) is 0.421. The van der Waals surface area contributed by atoms with Crippen molar-refractivity contribution in [2.45, 2.75) is 38.0 Å². The molecule has 130 valence electrons. The summed E-state index contributed by atoms with van der Waals surface area (Å²) in [4.78, 5) is 23.3. The van der Waals surface area contributed by atoms with Crippen LogP contribution in [0.4, 0.5) is 0 Å². The van der Waals surface area contributed by atoms with Crippen molar-refractivity contribution in [3.63, 3.8) is 0 Å². The number of ether oxygens (including phenoxy) is 2. The first-order chi connectivity index (χ1) is 12.2. The zero-order valence-electron chi connectivity index (χ0n) is 14.2. The van der Waals surface area contributed by atoms with Crippen molar-refractivity contribution >= 4 is 5.91 Å². The van der Waals surface area contributed by atoms with E-state index < -0.39 is 0 Å². The maximum Gasteiger partial charge on any atom is 0.255 e. The fourth-order valence-corrected chi connectivity index (χ4v) is 3.63. The summed E-state index contributed by atoms with van der Waals surface area (Å²) in [6.45, 7) is 3.04. The van der Waals surface area contributed by atoms with Crippen molar-refractivity contribution in [1.82, 2.24) is 14.9 Å². The highest BCUT2D eigenvalue weighted by Gasteiger charge is 2.46. The summed E-state index contributed by atoms with van der Waals surface area (Å²) in [6.07, 6.45) is 4.89. The SMILES string of the molecule is Cc1ccc(C(=O)N2CCO[C@H]3[C@H](Oc4ccccn4)CC[C@@H]32)cn1. The Kier molecular flexibility index (Phi) is 4.36. The number of aryl methyl sites for hydroxylation is 1. The van der Waals surface area contributed by atoms with E-state index in [1.165, 1.54) is 0 Å². The second-order valence-electron chi connectivity index (χ2n) is 6.49. The smallest absolute Gasteiger partial charge is 0.255 e. The lowest BCUT2D eigenvalue weighted by atomic mass is 10.1. The average molecular weight is 339 g/mol. The van der Waals surface area contributed by atoms with Crippen LogP contribution in [0.5, 0.6) is 5.88 Å². The molecule has 2 aromatic rings. The Morgan fingerprint density at radius 2 is 2.16 bits per heavy atom. The highest BCUT2D eigenvalue weighted by molar-refractivity contribution is 5.94. The van der Waals surface area contributed by atoms with Crippen molar-refractivity contribution in [2.75, 3.05) is 13.2 Å². The molecule has 1 amide bonds. The van der Waals surface area contributed by atoms with Crippen molar-refractivity contribution in [3.8, 4) is 5.88 Å². The van der Waals surface area contributed by atoms with E-state index >= 15 is 0 Å². The van der Waals surface area contributed by atoms with Crippen LogP contribution in [0.25, 0.3) is 0 Å². The summed E-state index contributed by atoms with van der Waals surface area (Å²) in [5.74, 6) is 0.618. The minimum absolute atomic E-state index is 0.0179. The lowest BCUT2D eigenvalue weighted by molar-refractivity contribution is -0.0793. The second kappa shape index (κ2) is 6.80. The first kappa shape index (κ1) is 16.0. The van der Waals surface area contributed by atoms with Gasteiger partial charge in [-0.05, 0) is 38.0 Å². The summed E-state index contributed by atoms with van der Waals surface area (Å²) in [5, 5.41) is 0. The molecule has 2 aliphatic rings. The molecule has 0 unspecified atom stereocenters. The van der Waals surface area contributed by atoms with Gasteiger partial charge in [0, 0.05) is 30.7 Å². The largest absolute Gasteiger partial charge is 0.471 e. The molecule has 0 N–H and O–H groups in total. The number of amides is 1. The Balaban J connectivity index is 1.49.